The lowest BCUT2D eigenvalue weighted by Gasteiger charge is -2.25. The molecular formula is C19H22N2O5S. The second-order valence-electron chi connectivity index (χ2n) is 6.21. The van der Waals surface area contributed by atoms with Crippen molar-refractivity contribution in [1.82, 2.24) is 5.32 Å². The van der Waals surface area contributed by atoms with Gasteiger partial charge in [0.15, 0.2) is 11.5 Å². The third kappa shape index (κ3) is 4.33. The van der Waals surface area contributed by atoms with Crippen LogP contribution in [0.25, 0.3) is 0 Å². The molecule has 0 heterocycles. The van der Waals surface area contributed by atoms with E-state index in [4.69, 9.17) is 9.47 Å². The molecule has 1 N–H and O–H groups in total. The quantitative estimate of drug-likeness (QED) is 0.747. The molecule has 2 aromatic carbocycles. The van der Waals surface area contributed by atoms with Gasteiger partial charge >= 0.3 is 0 Å². The van der Waals surface area contributed by atoms with Crippen LogP contribution < -0.4 is 19.1 Å². The summed E-state index contributed by atoms with van der Waals surface area (Å²) in [7, 11) is -0.964. The van der Waals surface area contributed by atoms with Gasteiger partial charge in [-0.3, -0.25) is 9.10 Å². The third-order valence-electron chi connectivity index (χ3n) is 4.22. The third-order valence-corrected chi connectivity index (χ3v) is 6.00. The zero-order chi connectivity index (χ0) is 19.4. The van der Waals surface area contributed by atoms with Crippen molar-refractivity contribution >= 4 is 21.6 Å². The molecule has 7 nitrogen and oxygen atoms in total. The van der Waals surface area contributed by atoms with Gasteiger partial charge in [-0.05, 0) is 37.1 Å². The van der Waals surface area contributed by atoms with E-state index in [0.717, 1.165) is 17.1 Å². The first-order valence-electron chi connectivity index (χ1n) is 8.55. The van der Waals surface area contributed by atoms with Crippen LogP contribution in [-0.4, -0.2) is 41.1 Å². The molecule has 0 aliphatic heterocycles. The van der Waals surface area contributed by atoms with Crippen LogP contribution in [0.3, 0.4) is 0 Å². The van der Waals surface area contributed by atoms with Crippen molar-refractivity contribution in [2.75, 3.05) is 25.1 Å². The average Bonchev–Trinajstić information content (AvgIpc) is 3.50. The molecule has 0 spiro atoms. The molecule has 0 bridgehead atoms. The molecule has 0 unspecified atom stereocenters. The molecule has 3 rings (SSSR count). The number of ether oxygens (including phenoxy) is 2. The molecule has 1 aliphatic carbocycles. The fraction of sp³-hybridized carbons (Fsp3) is 0.316. The van der Waals surface area contributed by atoms with Crippen LogP contribution in [0.5, 0.6) is 11.5 Å². The number of hydrogen-bond donors (Lipinski definition) is 1. The minimum atomic E-state index is -3.93. The highest BCUT2D eigenvalue weighted by Gasteiger charge is 2.30. The van der Waals surface area contributed by atoms with Gasteiger partial charge in [-0.15, -0.1) is 0 Å². The summed E-state index contributed by atoms with van der Waals surface area (Å²) in [5.74, 6) is 0.512. The van der Waals surface area contributed by atoms with Gasteiger partial charge in [0.1, 0.15) is 6.54 Å². The number of nitrogens with one attached hydrogen (secondary N) is 1. The maximum atomic E-state index is 13.2. The van der Waals surface area contributed by atoms with Crippen LogP contribution in [0.1, 0.15) is 12.8 Å². The van der Waals surface area contributed by atoms with Crippen LogP contribution in [0.2, 0.25) is 0 Å². The lowest BCUT2D eigenvalue weighted by Crippen LogP contribution is -2.41. The summed E-state index contributed by atoms with van der Waals surface area (Å²) in [6.07, 6.45) is 1.85. The number of hydrogen-bond acceptors (Lipinski definition) is 5. The molecule has 0 radical (unpaired) electrons. The first kappa shape index (κ1) is 19.0. The van der Waals surface area contributed by atoms with Gasteiger partial charge in [0.05, 0.1) is 24.8 Å². The van der Waals surface area contributed by atoms with E-state index in [-0.39, 0.29) is 23.4 Å². The summed E-state index contributed by atoms with van der Waals surface area (Å²) >= 11 is 0. The zero-order valence-electron chi connectivity index (χ0n) is 15.2. The van der Waals surface area contributed by atoms with Gasteiger partial charge < -0.3 is 14.8 Å². The smallest absolute Gasteiger partial charge is 0.264 e. The molecule has 144 valence electrons. The van der Waals surface area contributed by atoms with Crippen molar-refractivity contribution in [3.05, 3.63) is 48.5 Å². The Morgan fingerprint density at radius 3 is 2.33 bits per heavy atom. The number of methoxy groups -OCH3 is 2. The molecular weight excluding hydrogens is 368 g/mol. The van der Waals surface area contributed by atoms with Crippen molar-refractivity contribution in [2.45, 2.75) is 23.8 Å². The number of nitrogens with zero attached hydrogens (tertiary/aromatic N) is 1. The standard InChI is InChI=1S/C19H22N2O5S/c1-25-17-11-10-15(12-18(17)26-2)21(13-19(22)20-14-8-9-14)27(23,24)16-6-4-3-5-7-16/h3-7,10-12,14H,8-9,13H2,1-2H3,(H,20,22). The predicted molar refractivity (Wildman–Crippen MR) is 102 cm³/mol. The van der Waals surface area contributed by atoms with E-state index in [1.54, 1.807) is 36.4 Å². The van der Waals surface area contributed by atoms with E-state index in [1.807, 2.05) is 0 Å². The first-order chi connectivity index (χ1) is 13.0. The fourth-order valence-corrected chi connectivity index (χ4v) is 4.08. The Morgan fingerprint density at radius 1 is 1.07 bits per heavy atom. The summed E-state index contributed by atoms with van der Waals surface area (Å²) in [6.45, 7) is -0.316. The Kier molecular flexibility index (Phi) is 5.55. The van der Waals surface area contributed by atoms with Gasteiger partial charge in [-0.2, -0.15) is 0 Å². The minimum absolute atomic E-state index is 0.110. The maximum absolute atomic E-state index is 13.2. The lowest BCUT2D eigenvalue weighted by molar-refractivity contribution is -0.119. The molecule has 1 saturated carbocycles. The van der Waals surface area contributed by atoms with Gasteiger partial charge in [-0.25, -0.2) is 8.42 Å². The Hall–Kier alpha value is -2.74. The van der Waals surface area contributed by atoms with Gasteiger partial charge in [0, 0.05) is 12.1 Å². The molecule has 0 aromatic heterocycles. The summed E-state index contributed by atoms with van der Waals surface area (Å²) in [5.41, 5.74) is 0.322. The van der Waals surface area contributed by atoms with E-state index in [1.165, 1.54) is 26.4 Å². The number of benzene rings is 2. The Labute approximate surface area is 158 Å². The molecule has 1 amide bonds. The molecule has 0 atom stereocenters. The SMILES string of the molecule is COc1ccc(N(CC(=O)NC2CC2)S(=O)(=O)c2ccccc2)cc1OC. The van der Waals surface area contributed by atoms with E-state index in [9.17, 15) is 13.2 Å². The number of carbonyl (C=O) groups is 1. The van der Waals surface area contributed by atoms with E-state index in [2.05, 4.69) is 5.32 Å². The van der Waals surface area contributed by atoms with Crippen molar-refractivity contribution in [1.29, 1.82) is 0 Å². The maximum Gasteiger partial charge on any atom is 0.264 e. The molecule has 0 saturated heterocycles. The second kappa shape index (κ2) is 7.87. The van der Waals surface area contributed by atoms with E-state index < -0.39 is 10.0 Å². The van der Waals surface area contributed by atoms with Crippen LogP contribution in [-0.2, 0) is 14.8 Å². The zero-order valence-corrected chi connectivity index (χ0v) is 16.0. The number of carbonyl (C=O) groups excluding carboxylic acids is 1. The Morgan fingerprint density at radius 2 is 1.74 bits per heavy atom. The topological polar surface area (TPSA) is 84.9 Å². The highest BCUT2D eigenvalue weighted by Crippen LogP contribution is 2.33. The van der Waals surface area contributed by atoms with Crippen molar-refractivity contribution in [2.24, 2.45) is 0 Å². The summed E-state index contributed by atoms with van der Waals surface area (Å²) in [4.78, 5) is 12.5. The number of amides is 1. The minimum Gasteiger partial charge on any atom is -0.493 e. The van der Waals surface area contributed by atoms with Crippen LogP contribution in [0.4, 0.5) is 5.69 Å². The number of rotatable bonds is 8. The monoisotopic (exact) mass is 390 g/mol. The summed E-state index contributed by atoms with van der Waals surface area (Å²) < 4.78 is 38.0. The van der Waals surface area contributed by atoms with Crippen LogP contribution in [0.15, 0.2) is 53.4 Å². The van der Waals surface area contributed by atoms with E-state index >= 15 is 0 Å². The molecule has 1 fully saturated rings. The summed E-state index contributed by atoms with van der Waals surface area (Å²) in [6, 6.07) is 12.9. The lowest BCUT2D eigenvalue weighted by atomic mass is 10.2. The predicted octanol–water partition coefficient (Wildman–Crippen LogP) is 2.18. The van der Waals surface area contributed by atoms with Gasteiger partial charge in [-0.1, -0.05) is 18.2 Å². The first-order valence-corrected chi connectivity index (χ1v) is 9.99. The summed E-state index contributed by atoms with van der Waals surface area (Å²) in [5, 5.41) is 2.83. The van der Waals surface area contributed by atoms with Crippen molar-refractivity contribution in [3.63, 3.8) is 0 Å². The largest absolute Gasteiger partial charge is 0.493 e. The van der Waals surface area contributed by atoms with Gasteiger partial charge in [0.2, 0.25) is 5.91 Å². The highest BCUT2D eigenvalue weighted by molar-refractivity contribution is 7.92. The molecule has 8 heteroatoms. The van der Waals surface area contributed by atoms with Crippen molar-refractivity contribution in [3.8, 4) is 11.5 Å². The molecule has 1 aliphatic rings. The average molecular weight is 390 g/mol. The van der Waals surface area contributed by atoms with Crippen LogP contribution >= 0.6 is 0 Å². The van der Waals surface area contributed by atoms with Gasteiger partial charge in [0.25, 0.3) is 10.0 Å². The number of sulfonamides is 1. The van der Waals surface area contributed by atoms with Crippen LogP contribution in [0, 0.1) is 0 Å². The fourth-order valence-electron chi connectivity index (χ4n) is 2.65. The molecule has 27 heavy (non-hydrogen) atoms. The van der Waals surface area contributed by atoms with Crippen molar-refractivity contribution < 1.29 is 22.7 Å². The normalized spacial score (nSPS) is 13.7. The Balaban J connectivity index is 2.00. The second-order valence-corrected chi connectivity index (χ2v) is 8.07. The molecule has 2 aromatic rings. The number of anilines is 1. The Bertz CT molecular complexity index is 911. The highest BCUT2D eigenvalue weighted by atomic mass is 32.2. The van der Waals surface area contributed by atoms with E-state index in [0.29, 0.717) is 17.2 Å².